The molecule has 1 aromatic rings. The molecule has 2 N–H and O–H groups in total. The molecule has 5 heteroatoms. The lowest BCUT2D eigenvalue weighted by Gasteiger charge is -2.34. The van der Waals surface area contributed by atoms with Gasteiger partial charge in [0.15, 0.2) is 0 Å². The van der Waals surface area contributed by atoms with Gasteiger partial charge in [0.05, 0.1) is 0 Å². The van der Waals surface area contributed by atoms with Gasteiger partial charge in [-0.25, -0.2) is 10.4 Å². The third-order valence-electron chi connectivity index (χ3n) is 3.47. The summed E-state index contributed by atoms with van der Waals surface area (Å²) in [4.78, 5) is 13.7. The third-order valence-corrected chi connectivity index (χ3v) is 3.47. The Morgan fingerprint density at radius 3 is 2.32 bits per heavy atom. The summed E-state index contributed by atoms with van der Waals surface area (Å²) in [5.41, 5.74) is 5.04. The van der Waals surface area contributed by atoms with Crippen LogP contribution in [0.5, 0.6) is 0 Å². The van der Waals surface area contributed by atoms with E-state index >= 15 is 0 Å². The SMILES string of the molecule is Cc1ccc(C(NN2CCN(C)CC2)C(=O)O)cc1. The predicted molar refractivity (Wildman–Crippen MR) is 73.8 cm³/mol. The number of piperazine rings is 1. The number of aliphatic carboxylic acids is 1. The van der Waals surface area contributed by atoms with Crippen molar-refractivity contribution >= 4 is 5.97 Å². The van der Waals surface area contributed by atoms with E-state index in [0.717, 1.165) is 37.3 Å². The van der Waals surface area contributed by atoms with Crippen LogP contribution in [0.4, 0.5) is 0 Å². The Bertz CT molecular complexity index is 425. The van der Waals surface area contributed by atoms with Gasteiger partial charge in [0.1, 0.15) is 6.04 Å². The molecule has 1 unspecified atom stereocenters. The minimum Gasteiger partial charge on any atom is -0.480 e. The summed E-state index contributed by atoms with van der Waals surface area (Å²) in [5, 5.41) is 11.4. The van der Waals surface area contributed by atoms with Crippen molar-refractivity contribution in [1.29, 1.82) is 0 Å². The van der Waals surface area contributed by atoms with Crippen molar-refractivity contribution in [3.63, 3.8) is 0 Å². The average Bonchev–Trinajstić information content (AvgIpc) is 2.39. The second kappa shape index (κ2) is 6.14. The number of hydrazine groups is 1. The number of likely N-dealkylation sites (N-methyl/N-ethyl adjacent to an activating group) is 1. The molecule has 1 saturated heterocycles. The summed E-state index contributed by atoms with van der Waals surface area (Å²) < 4.78 is 0. The summed E-state index contributed by atoms with van der Waals surface area (Å²) in [6.45, 7) is 5.58. The molecule has 0 spiro atoms. The largest absolute Gasteiger partial charge is 0.480 e. The number of carbonyl (C=O) groups is 1. The molecule has 104 valence electrons. The molecule has 1 aromatic carbocycles. The summed E-state index contributed by atoms with van der Waals surface area (Å²) in [5.74, 6) is -0.845. The molecule has 5 nitrogen and oxygen atoms in total. The Balaban J connectivity index is 2.04. The number of carboxylic acid groups (broad SMARTS) is 1. The van der Waals surface area contributed by atoms with Gasteiger partial charge in [-0.05, 0) is 19.5 Å². The number of nitrogens with zero attached hydrogens (tertiary/aromatic N) is 2. The highest BCUT2D eigenvalue weighted by Crippen LogP contribution is 2.15. The van der Waals surface area contributed by atoms with Gasteiger partial charge >= 0.3 is 5.97 Å². The molecule has 0 aliphatic carbocycles. The second-order valence-corrected chi connectivity index (χ2v) is 5.10. The minimum absolute atomic E-state index is 0.677. The quantitative estimate of drug-likeness (QED) is 0.844. The van der Waals surface area contributed by atoms with Crippen LogP contribution in [-0.4, -0.2) is 54.2 Å². The van der Waals surface area contributed by atoms with E-state index in [1.54, 1.807) is 0 Å². The zero-order valence-corrected chi connectivity index (χ0v) is 11.5. The maximum absolute atomic E-state index is 11.4. The molecule has 0 bridgehead atoms. The summed E-state index contributed by atoms with van der Waals surface area (Å²) in [6.07, 6.45) is 0. The number of benzene rings is 1. The molecule has 1 heterocycles. The van der Waals surface area contributed by atoms with Crippen LogP contribution in [0, 0.1) is 6.92 Å². The van der Waals surface area contributed by atoms with Crippen LogP contribution in [0.1, 0.15) is 17.2 Å². The smallest absolute Gasteiger partial charge is 0.326 e. The summed E-state index contributed by atoms with van der Waals surface area (Å²) in [7, 11) is 2.08. The predicted octanol–water partition coefficient (Wildman–Crippen LogP) is 0.873. The normalized spacial score (nSPS) is 19.3. The maximum Gasteiger partial charge on any atom is 0.326 e. The van der Waals surface area contributed by atoms with E-state index in [-0.39, 0.29) is 0 Å². The molecular weight excluding hydrogens is 242 g/mol. The first kappa shape index (κ1) is 14.0. The van der Waals surface area contributed by atoms with Crippen molar-refractivity contribution < 1.29 is 9.90 Å². The Kier molecular flexibility index (Phi) is 4.52. The van der Waals surface area contributed by atoms with Gasteiger partial charge in [0, 0.05) is 26.2 Å². The van der Waals surface area contributed by atoms with Crippen LogP contribution in [0.15, 0.2) is 24.3 Å². The van der Waals surface area contributed by atoms with Crippen molar-refractivity contribution in [2.75, 3.05) is 33.2 Å². The highest BCUT2D eigenvalue weighted by Gasteiger charge is 2.23. The van der Waals surface area contributed by atoms with Crippen molar-refractivity contribution in [1.82, 2.24) is 15.3 Å². The fraction of sp³-hybridized carbons (Fsp3) is 0.500. The van der Waals surface area contributed by atoms with Crippen LogP contribution >= 0.6 is 0 Å². The topological polar surface area (TPSA) is 55.8 Å². The Morgan fingerprint density at radius 2 is 1.79 bits per heavy atom. The molecule has 0 aromatic heterocycles. The molecule has 0 radical (unpaired) electrons. The Labute approximate surface area is 113 Å². The Morgan fingerprint density at radius 1 is 1.21 bits per heavy atom. The zero-order valence-electron chi connectivity index (χ0n) is 11.5. The lowest BCUT2D eigenvalue weighted by molar-refractivity contribution is -0.141. The fourth-order valence-electron chi connectivity index (χ4n) is 2.15. The number of aryl methyl sites for hydroxylation is 1. The van der Waals surface area contributed by atoms with Crippen LogP contribution < -0.4 is 5.43 Å². The van der Waals surface area contributed by atoms with E-state index in [4.69, 9.17) is 0 Å². The lowest BCUT2D eigenvalue weighted by Crippen LogP contribution is -2.52. The average molecular weight is 263 g/mol. The molecule has 1 aliphatic rings. The molecule has 0 saturated carbocycles. The van der Waals surface area contributed by atoms with E-state index in [2.05, 4.69) is 17.4 Å². The maximum atomic E-state index is 11.4. The molecule has 1 aliphatic heterocycles. The van der Waals surface area contributed by atoms with E-state index in [1.807, 2.05) is 36.2 Å². The first-order valence-electron chi connectivity index (χ1n) is 6.55. The first-order valence-corrected chi connectivity index (χ1v) is 6.55. The number of rotatable bonds is 4. The van der Waals surface area contributed by atoms with Gasteiger partial charge in [-0.15, -0.1) is 0 Å². The fourth-order valence-corrected chi connectivity index (χ4v) is 2.15. The first-order chi connectivity index (χ1) is 9.06. The van der Waals surface area contributed by atoms with Gasteiger partial charge in [-0.2, -0.15) is 0 Å². The van der Waals surface area contributed by atoms with Gasteiger partial charge in [0.2, 0.25) is 0 Å². The van der Waals surface area contributed by atoms with E-state index < -0.39 is 12.0 Å². The number of nitrogens with one attached hydrogen (secondary N) is 1. The standard InChI is InChI=1S/C14H21N3O2/c1-11-3-5-12(6-4-11)13(14(18)19)15-17-9-7-16(2)8-10-17/h3-6,13,15H,7-10H2,1-2H3,(H,18,19). The van der Waals surface area contributed by atoms with Gasteiger partial charge in [0.25, 0.3) is 0 Å². The van der Waals surface area contributed by atoms with E-state index in [9.17, 15) is 9.90 Å². The van der Waals surface area contributed by atoms with Crippen LogP contribution in [0.2, 0.25) is 0 Å². The summed E-state index contributed by atoms with van der Waals surface area (Å²) in [6, 6.07) is 6.95. The van der Waals surface area contributed by atoms with Crippen LogP contribution in [0.25, 0.3) is 0 Å². The molecule has 19 heavy (non-hydrogen) atoms. The van der Waals surface area contributed by atoms with Crippen molar-refractivity contribution in [2.24, 2.45) is 0 Å². The number of hydrogen-bond acceptors (Lipinski definition) is 4. The zero-order chi connectivity index (χ0) is 13.8. The molecule has 1 atom stereocenters. The van der Waals surface area contributed by atoms with E-state index in [1.165, 1.54) is 0 Å². The highest BCUT2D eigenvalue weighted by molar-refractivity contribution is 5.75. The third kappa shape index (κ3) is 3.76. The monoisotopic (exact) mass is 263 g/mol. The van der Waals surface area contributed by atoms with Crippen molar-refractivity contribution in [3.8, 4) is 0 Å². The molecule has 0 amide bonds. The number of carboxylic acids is 1. The number of hydrogen-bond donors (Lipinski definition) is 2. The van der Waals surface area contributed by atoms with Crippen molar-refractivity contribution in [2.45, 2.75) is 13.0 Å². The molecule has 1 fully saturated rings. The van der Waals surface area contributed by atoms with Crippen molar-refractivity contribution in [3.05, 3.63) is 35.4 Å². The van der Waals surface area contributed by atoms with Gasteiger partial charge < -0.3 is 10.0 Å². The summed E-state index contributed by atoms with van der Waals surface area (Å²) >= 11 is 0. The molecule has 2 rings (SSSR count). The second-order valence-electron chi connectivity index (χ2n) is 5.10. The van der Waals surface area contributed by atoms with E-state index in [0.29, 0.717) is 0 Å². The molecular formula is C14H21N3O2. The van der Waals surface area contributed by atoms with Crippen LogP contribution in [-0.2, 0) is 4.79 Å². The Hall–Kier alpha value is -1.43. The van der Waals surface area contributed by atoms with Gasteiger partial charge in [-0.1, -0.05) is 29.8 Å². The van der Waals surface area contributed by atoms with Crippen LogP contribution in [0.3, 0.4) is 0 Å². The minimum atomic E-state index is -0.845. The highest BCUT2D eigenvalue weighted by atomic mass is 16.4. The van der Waals surface area contributed by atoms with Gasteiger partial charge in [-0.3, -0.25) is 4.79 Å². The lowest BCUT2D eigenvalue weighted by atomic mass is 10.1.